The number of amides is 1. The largest absolute Gasteiger partial charge is 0.381 e. The molecular weight excluding hydrogens is 385 g/mol. The zero-order valence-corrected chi connectivity index (χ0v) is 17.2. The van der Waals surface area contributed by atoms with Gasteiger partial charge < -0.3 is 20.3 Å². The van der Waals surface area contributed by atoms with E-state index in [9.17, 15) is 9.18 Å². The fourth-order valence-corrected chi connectivity index (χ4v) is 4.26. The van der Waals surface area contributed by atoms with Gasteiger partial charge in [-0.05, 0) is 49.9 Å². The van der Waals surface area contributed by atoms with Gasteiger partial charge in [0.25, 0.3) is 0 Å². The molecule has 0 unspecified atom stereocenters. The Morgan fingerprint density at radius 2 is 1.87 bits per heavy atom. The number of rotatable bonds is 4. The monoisotopic (exact) mass is 413 g/mol. The number of piperidine rings is 1. The van der Waals surface area contributed by atoms with Gasteiger partial charge in [-0.3, -0.25) is 10.2 Å². The van der Waals surface area contributed by atoms with Crippen LogP contribution in [0.25, 0.3) is 10.9 Å². The summed E-state index contributed by atoms with van der Waals surface area (Å²) in [4.78, 5) is 18.4. The van der Waals surface area contributed by atoms with Crippen molar-refractivity contribution in [1.29, 1.82) is 5.41 Å². The van der Waals surface area contributed by atoms with E-state index in [2.05, 4.69) is 15.5 Å². The molecule has 0 radical (unpaired) electrons. The first-order valence-electron chi connectivity index (χ1n) is 10.5. The van der Waals surface area contributed by atoms with Gasteiger partial charge in [0, 0.05) is 50.7 Å². The van der Waals surface area contributed by atoms with E-state index >= 15 is 0 Å². The lowest BCUT2D eigenvalue weighted by atomic mass is 10.0. The molecule has 0 bridgehead atoms. The maximum absolute atomic E-state index is 13.7. The molecule has 30 heavy (non-hydrogen) atoms. The molecule has 7 nitrogen and oxygen atoms in total. The molecule has 4 rings (SSSR count). The fourth-order valence-electron chi connectivity index (χ4n) is 4.26. The summed E-state index contributed by atoms with van der Waals surface area (Å²) in [6.45, 7) is 4.64. The summed E-state index contributed by atoms with van der Waals surface area (Å²) in [7, 11) is 0. The van der Waals surface area contributed by atoms with Crippen LogP contribution in [0.3, 0.4) is 0 Å². The molecule has 2 aromatic rings. The van der Waals surface area contributed by atoms with Crippen molar-refractivity contribution in [1.82, 2.24) is 15.6 Å². The number of nitrogens with one attached hydrogen (secondary N) is 3. The second-order valence-corrected chi connectivity index (χ2v) is 8.07. The van der Waals surface area contributed by atoms with Crippen LogP contribution in [0.1, 0.15) is 38.2 Å². The number of nitrogens with zero attached hydrogens (tertiary/aromatic N) is 2. The summed E-state index contributed by atoms with van der Waals surface area (Å²) < 4.78 is 19.1. The van der Waals surface area contributed by atoms with Gasteiger partial charge in [-0.2, -0.15) is 0 Å². The first kappa shape index (κ1) is 20.7. The number of benzene rings is 1. The van der Waals surface area contributed by atoms with Crippen molar-refractivity contribution in [2.75, 3.05) is 31.2 Å². The van der Waals surface area contributed by atoms with E-state index in [4.69, 9.17) is 15.1 Å². The van der Waals surface area contributed by atoms with Crippen LogP contribution in [0.4, 0.5) is 10.2 Å². The van der Waals surface area contributed by atoms with Gasteiger partial charge in [0.2, 0.25) is 5.91 Å². The van der Waals surface area contributed by atoms with Gasteiger partial charge in [-0.15, -0.1) is 0 Å². The quantitative estimate of drug-likeness (QED) is 0.530. The molecular formula is C22H28FN5O2. The topological polar surface area (TPSA) is 90.3 Å². The van der Waals surface area contributed by atoms with E-state index in [0.717, 1.165) is 52.0 Å². The van der Waals surface area contributed by atoms with Crippen molar-refractivity contribution < 1.29 is 13.9 Å². The molecule has 3 N–H and O–H groups in total. The Labute approximate surface area is 175 Å². The van der Waals surface area contributed by atoms with Crippen molar-refractivity contribution >= 4 is 28.5 Å². The van der Waals surface area contributed by atoms with E-state index in [-0.39, 0.29) is 17.6 Å². The third-order valence-electron chi connectivity index (χ3n) is 5.81. The van der Waals surface area contributed by atoms with Gasteiger partial charge in [0.15, 0.2) is 0 Å². The zero-order chi connectivity index (χ0) is 21.1. The minimum absolute atomic E-state index is 0.0152. The molecule has 2 saturated heterocycles. The Bertz CT molecular complexity index is 937. The maximum Gasteiger partial charge on any atom is 0.222 e. The average Bonchev–Trinajstić information content (AvgIpc) is 2.73. The Morgan fingerprint density at radius 3 is 2.57 bits per heavy atom. The third-order valence-corrected chi connectivity index (χ3v) is 5.81. The second kappa shape index (κ2) is 9.06. The number of ether oxygens (including phenoxy) is 1. The summed E-state index contributed by atoms with van der Waals surface area (Å²) in [5.74, 6) is -0.0188. The average molecular weight is 413 g/mol. The van der Waals surface area contributed by atoms with Gasteiger partial charge in [0.1, 0.15) is 17.5 Å². The number of fused-ring (bicyclic) bond motifs is 1. The fraction of sp³-hybridized carbons (Fsp3) is 0.500. The van der Waals surface area contributed by atoms with Crippen molar-refractivity contribution in [2.45, 2.75) is 44.7 Å². The van der Waals surface area contributed by atoms with Gasteiger partial charge in [-0.25, -0.2) is 9.37 Å². The standard InChI is InChI=1S/C22H28FN5O2/c1-14(29)25-21(24)19-13-15-12-16(23)2-3-20(15)27-22(19)28-8-4-17(5-9-28)26-18-6-10-30-11-7-18/h2-3,12-13,17-18,26H,4-11H2,1H3,(H2,24,25,29). The summed E-state index contributed by atoms with van der Waals surface area (Å²) in [5.41, 5.74) is 1.19. The lowest BCUT2D eigenvalue weighted by Gasteiger charge is -2.36. The van der Waals surface area contributed by atoms with E-state index in [1.807, 2.05) is 0 Å². The van der Waals surface area contributed by atoms with Crippen LogP contribution in [0.2, 0.25) is 0 Å². The molecule has 2 fully saturated rings. The number of carbonyl (C=O) groups excluding carboxylic acids is 1. The van der Waals surface area contributed by atoms with Crippen LogP contribution in [0, 0.1) is 11.2 Å². The third kappa shape index (κ3) is 4.76. The highest BCUT2D eigenvalue weighted by Crippen LogP contribution is 2.27. The summed E-state index contributed by atoms with van der Waals surface area (Å²) in [6.07, 6.45) is 4.07. The Hall–Kier alpha value is -2.58. The van der Waals surface area contributed by atoms with E-state index in [0.29, 0.717) is 34.4 Å². The highest BCUT2D eigenvalue weighted by molar-refractivity contribution is 6.10. The van der Waals surface area contributed by atoms with Gasteiger partial charge in [0.05, 0.1) is 11.1 Å². The minimum atomic E-state index is -0.353. The van der Waals surface area contributed by atoms with Gasteiger partial charge in [-0.1, -0.05) is 0 Å². The number of anilines is 1. The van der Waals surface area contributed by atoms with E-state index < -0.39 is 0 Å². The molecule has 0 atom stereocenters. The lowest BCUT2D eigenvalue weighted by Crippen LogP contribution is -2.48. The molecule has 1 aromatic heterocycles. The van der Waals surface area contributed by atoms with Crippen LogP contribution in [0.5, 0.6) is 0 Å². The number of halogens is 1. The molecule has 2 aliphatic heterocycles. The summed E-state index contributed by atoms with van der Waals surface area (Å²) >= 11 is 0. The molecule has 0 aliphatic carbocycles. The minimum Gasteiger partial charge on any atom is -0.381 e. The van der Waals surface area contributed by atoms with Gasteiger partial charge >= 0.3 is 0 Å². The van der Waals surface area contributed by atoms with Crippen LogP contribution in [-0.2, 0) is 9.53 Å². The van der Waals surface area contributed by atoms with Crippen molar-refractivity contribution in [3.05, 3.63) is 35.6 Å². The molecule has 1 amide bonds. The predicted octanol–water partition coefficient (Wildman–Crippen LogP) is 2.57. The molecule has 3 heterocycles. The Kier molecular flexibility index (Phi) is 6.24. The second-order valence-electron chi connectivity index (χ2n) is 8.07. The van der Waals surface area contributed by atoms with Crippen molar-refractivity contribution in [3.8, 4) is 0 Å². The number of hydrogen-bond donors (Lipinski definition) is 3. The van der Waals surface area contributed by atoms with Crippen LogP contribution in [-0.4, -0.2) is 55.1 Å². The Morgan fingerprint density at radius 1 is 1.17 bits per heavy atom. The number of aromatic nitrogens is 1. The molecule has 0 spiro atoms. The number of carbonyl (C=O) groups is 1. The van der Waals surface area contributed by atoms with Crippen LogP contribution in [0.15, 0.2) is 24.3 Å². The predicted molar refractivity (Wildman–Crippen MR) is 115 cm³/mol. The number of amidine groups is 1. The first-order valence-corrected chi connectivity index (χ1v) is 10.5. The Balaban J connectivity index is 1.54. The smallest absolute Gasteiger partial charge is 0.222 e. The van der Waals surface area contributed by atoms with E-state index in [1.165, 1.54) is 19.1 Å². The lowest BCUT2D eigenvalue weighted by molar-refractivity contribution is -0.117. The van der Waals surface area contributed by atoms with Crippen LogP contribution >= 0.6 is 0 Å². The number of pyridine rings is 1. The highest BCUT2D eigenvalue weighted by atomic mass is 19.1. The molecule has 2 aliphatic rings. The van der Waals surface area contributed by atoms with Crippen molar-refractivity contribution in [2.24, 2.45) is 0 Å². The summed E-state index contributed by atoms with van der Waals surface area (Å²) in [6, 6.07) is 7.16. The zero-order valence-electron chi connectivity index (χ0n) is 17.2. The molecule has 160 valence electrons. The maximum atomic E-state index is 13.7. The first-order chi connectivity index (χ1) is 14.5. The molecule has 8 heteroatoms. The normalized spacial score (nSPS) is 18.5. The highest BCUT2D eigenvalue weighted by Gasteiger charge is 2.26. The van der Waals surface area contributed by atoms with E-state index in [1.54, 1.807) is 12.1 Å². The molecule has 1 aromatic carbocycles. The van der Waals surface area contributed by atoms with Crippen LogP contribution < -0.4 is 15.5 Å². The van der Waals surface area contributed by atoms with Crippen molar-refractivity contribution in [3.63, 3.8) is 0 Å². The summed E-state index contributed by atoms with van der Waals surface area (Å²) in [5, 5.41) is 15.3. The number of hydrogen-bond acceptors (Lipinski definition) is 6. The SMILES string of the molecule is CC(=O)NC(=N)c1cc2cc(F)ccc2nc1N1CCC(NC2CCOCC2)CC1. The molecule has 0 saturated carbocycles.